The van der Waals surface area contributed by atoms with Crippen molar-refractivity contribution in [3.05, 3.63) is 29.8 Å². The number of nitrogens with one attached hydrogen (secondary N) is 3. The molecule has 3 rings (SSSR count). The molecule has 0 radical (unpaired) electrons. The van der Waals surface area contributed by atoms with E-state index in [9.17, 15) is 14.4 Å². The smallest absolute Gasteiger partial charge is 0.344 e. The fourth-order valence-corrected chi connectivity index (χ4v) is 3.94. The molecular weight excluding hydrogens is 360 g/mol. The van der Waals surface area contributed by atoms with E-state index in [4.69, 9.17) is 4.74 Å². The SMILES string of the molecule is CCOc1ccc(C[NH+](C)CC(=O)NN2C(=O)NC3(CCCCC3)C2=O)cc1. The lowest BCUT2D eigenvalue weighted by Gasteiger charge is -2.30. The molecule has 1 heterocycles. The van der Waals surface area contributed by atoms with Crippen LogP contribution in [0.3, 0.4) is 0 Å². The van der Waals surface area contributed by atoms with Gasteiger partial charge in [0.1, 0.15) is 17.8 Å². The third-order valence-electron chi connectivity index (χ3n) is 5.31. The fraction of sp³-hybridized carbons (Fsp3) is 0.550. The van der Waals surface area contributed by atoms with Crippen molar-refractivity contribution in [2.75, 3.05) is 20.2 Å². The number of carbonyl (C=O) groups is 3. The van der Waals surface area contributed by atoms with Crippen LogP contribution in [0, 0.1) is 0 Å². The van der Waals surface area contributed by atoms with Gasteiger partial charge in [0.2, 0.25) is 0 Å². The highest BCUT2D eigenvalue weighted by molar-refractivity contribution is 6.08. The molecular formula is C20H29N4O4+. The molecule has 1 aliphatic carbocycles. The number of quaternary nitrogens is 1. The van der Waals surface area contributed by atoms with Gasteiger partial charge in [-0.25, -0.2) is 4.79 Å². The summed E-state index contributed by atoms with van der Waals surface area (Å²) in [6.07, 6.45) is 4.14. The number of hydrazine groups is 1. The van der Waals surface area contributed by atoms with Gasteiger partial charge in [0.25, 0.3) is 11.8 Å². The summed E-state index contributed by atoms with van der Waals surface area (Å²) in [5.74, 6) is 0.117. The average Bonchev–Trinajstić information content (AvgIpc) is 2.88. The number of ether oxygens (including phenoxy) is 1. The maximum absolute atomic E-state index is 12.7. The minimum absolute atomic E-state index is 0.150. The van der Waals surface area contributed by atoms with Crippen molar-refractivity contribution in [1.29, 1.82) is 0 Å². The van der Waals surface area contributed by atoms with Gasteiger partial charge >= 0.3 is 6.03 Å². The van der Waals surface area contributed by atoms with Crippen LogP contribution >= 0.6 is 0 Å². The number of imide groups is 1. The number of hydrogen-bond acceptors (Lipinski definition) is 4. The van der Waals surface area contributed by atoms with Gasteiger partial charge in [-0.05, 0) is 44.0 Å². The van der Waals surface area contributed by atoms with Crippen molar-refractivity contribution < 1.29 is 24.0 Å². The van der Waals surface area contributed by atoms with Crippen LogP contribution in [0.15, 0.2) is 24.3 Å². The van der Waals surface area contributed by atoms with E-state index in [1.165, 1.54) is 0 Å². The first-order valence-electron chi connectivity index (χ1n) is 9.93. The van der Waals surface area contributed by atoms with Crippen molar-refractivity contribution in [3.63, 3.8) is 0 Å². The molecule has 8 heteroatoms. The van der Waals surface area contributed by atoms with Crippen LogP contribution in [0.5, 0.6) is 5.75 Å². The van der Waals surface area contributed by atoms with Gasteiger partial charge in [-0.2, -0.15) is 5.01 Å². The Morgan fingerprint density at radius 2 is 1.89 bits per heavy atom. The summed E-state index contributed by atoms with van der Waals surface area (Å²) in [5.41, 5.74) is 2.73. The molecule has 0 aromatic heterocycles. The lowest BCUT2D eigenvalue weighted by atomic mass is 9.82. The van der Waals surface area contributed by atoms with Crippen molar-refractivity contribution in [3.8, 4) is 5.75 Å². The van der Waals surface area contributed by atoms with Crippen molar-refractivity contribution in [2.45, 2.75) is 51.1 Å². The fourth-order valence-electron chi connectivity index (χ4n) is 3.94. The monoisotopic (exact) mass is 389 g/mol. The number of rotatable bonds is 7. The van der Waals surface area contributed by atoms with E-state index in [0.717, 1.165) is 40.5 Å². The Balaban J connectivity index is 1.52. The zero-order chi connectivity index (χ0) is 20.1. The third kappa shape index (κ3) is 4.44. The molecule has 1 saturated heterocycles. The Morgan fingerprint density at radius 1 is 1.21 bits per heavy atom. The highest BCUT2D eigenvalue weighted by atomic mass is 16.5. The molecule has 3 N–H and O–H groups in total. The quantitative estimate of drug-likeness (QED) is 0.588. The normalized spacial score (nSPS) is 19.4. The summed E-state index contributed by atoms with van der Waals surface area (Å²) >= 11 is 0. The van der Waals surface area contributed by atoms with Gasteiger partial charge in [0.05, 0.1) is 13.7 Å². The highest BCUT2D eigenvalue weighted by Crippen LogP contribution is 2.32. The average molecular weight is 389 g/mol. The minimum Gasteiger partial charge on any atom is -0.494 e. The van der Waals surface area contributed by atoms with Crippen molar-refractivity contribution in [1.82, 2.24) is 15.8 Å². The molecule has 1 aromatic carbocycles. The summed E-state index contributed by atoms with van der Waals surface area (Å²) in [4.78, 5) is 38.2. The molecule has 152 valence electrons. The lowest BCUT2D eigenvalue weighted by molar-refractivity contribution is -0.885. The number of nitrogens with zero attached hydrogens (tertiary/aromatic N) is 1. The van der Waals surface area contributed by atoms with Gasteiger partial charge < -0.3 is 15.0 Å². The van der Waals surface area contributed by atoms with E-state index in [-0.39, 0.29) is 18.4 Å². The summed E-state index contributed by atoms with van der Waals surface area (Å²) < 4.78 is 5.43. The molecule has 2 fully saturated rings. The molecule has 8 nitrogen and oxygen atoms in total. The summed E-state index contributed by atoms with van der Waals surface area (Å²) in [6.45, 7) is 3.35. The maximum Gasteiger partial charge on any atom is 0.344 e. The Kier molecular flexibility index (Phi) is 6.18. The Labute approximate surface area is 165 Å². The number of carbonyl (C=O) groups excluding carboxylic acids is 3. The van der Waals surface area contributed by atoms with E-state index in [2.05, 4.69) is 10.7 Å². The minimum atomic E-state index is -0.830. The van der Waals surface area contributed by atoms with E-state index in [1.54, 1.807) is 0 Å². The zero-order valence-corrected chi connectivity index (χ0v) is 16.5. The molecule has 28 heavy (non-hydrogen) atoms. The predicted molar refractivity (Wildman–Crippen MR) is 102 cm³/mol. The maximum atomic E-state index is 12.7. The van der Waals surface area contributed by atoms with Crippen LogP contribution in [0.1, 0.15) is 44.6 Å². The molecule has 0 bridgehead atoms. The number of urea groups is 1. The van der Waals surface area contributed by atoms with Crippen LogP contribution in [0.25, 0.3) is 0 Å². The van der Waals surface area contributed by atoms with Gasteiger partial charge in [-0.1, -0.05) is 19.3 Å². The van der Waals surface area contributed by atoms with E-state index in [0.29, 0.717) is 26.0 Å². The van der Waals surface area contributed by atoms with Crippen LogP contribution in [-0.2, 0) is 16.1 Å². The second kappa shape index (κ2) is 8.60. The first kappa shape index (κ1) is 20.1. The standard InChI is InChI=1S/C20H28N4O4/c1-3-28-16-9-7-15(8-10-16)13-23(2)14-17(25)22-24-18(26)20(21-19(24)27)11-5-4-6-12-20/h7-10H,3-6,11-14H2,1-2H3,(H,21,27)(H,22,25)/p+1. The van der Waals surface area contributed by atoms with Crippen LogP contribution < -0.4 is 20.4 Å². The van der Waals surface area contributed by atoms with Gasteiger partial charge in [0, 0.05) is 5.56 Å². The van der Waals surface area contributed by atoms with Crippen LogP contribution in [0.2, 0.25) is 0 Å². The summed E-state index contributed by atoms with van der Waals surface area (Å²) in [6, 6.07) is 7.21. The van der Waals surface area contributed by atoms with Gasteiger partial charge in [-0.15, -0.1) is 0 Å². The predicted octanol–water partition coefficient (Wildman–Crippen LogP) is 0.386. The van der Waals surface area contributed by atoms with E-state index >= 15 is 0 Å². The van der Waals surface area contributed by atoms with E-state index < -0.39 is 11.6 Å². The Morgan fingerprint density at radius 3 is 2.54 bits per heavy atom. The zero-order valence-electron chi connectivity index (χ0n) is 16.5. The number of likely N-dealkylation sites (N-methyl/N-ethyl adjacent to an activating group) is 1. The molecule has 2 aliphatic rings. The van der Waals surface area contributed by atoms with Gasteiger partial charge in [-0.3, -0.25) is 15.0 Å². The molecule has 4 amide bonds. The summed E-state index contributed by atoms with van der Waals surface area (Å²) in [5, 5.41) is 3.65. The molecule has 1 aromatic rings. The molecule has 1 atom stereocenters. The van der Waals surface area contributed by atoms with Crippen molar-refractivity contribution >= 4 is 17.8 Å². The topological polar surface area (TPSA) is 92.2 Å². The number of benzene rings is 1. The molecule has 1 spiro atoms. The lowest BCUT2D eigenvalue weighted by Crippen LogP contribution is -3.09. The van der Waals surface area contributed by atoms with Gasteiger partial charge in [0.15, 0.2) is 6.54 Å². The van der Waals surface area contributed by atoms with Crippen molar-refractivity contribution in [2.24, 2.45) is 0 Å². The molecule has 1 saturated carbocycles. The number of hydrogen-bond donors (Lipinski definition) is 3. The first-order valence-corrected chi connectivity index (χ1v) is 9.93. The largest absolute Gasteiger partial charge is 0.494 e. The van der Waals surface area contributed by atoms with E-state index in [1.807, 2.05) is 38.2 Å². The third-order valence-corrected chi connectivity index (χ3v) is 5.31. The highest BCUT2D eigenvalue weighted by Gasteiger charge is 2.52. The second-order valence-corrected chi connectivity index (χ2v) is 7.64. The molecule has 1 aliphatic heterocycles. The second-order valence-electron chi connectivity index (χ2n) is 7.64. The van der Waals surface area contributed by atoms with Crippen LogP contribution in [-0.4, -0.2) is 48.6 Å². The first-order chi connectivity index (χ1) is 13.4. The Hall–Kier alpha value is -2.61. The van der Waals surface area contributed by atoms with Crippen LogP contribution in [0.4, 0.5) is 4.79 Å². The Bertz CT molecular complexity index is 728. The number of amides is 4. The molecule has 1 unspecified atom stereocenters. The summed E-state index contributed by atoms with van der Waals surface area (Å²) in [7, 11) is 1.89.